The number of hydrogen-bond donors (Lipinski definition) is 1. The third kappa shape index (κ3) is 2.90. The molecule has 98 valence electrons. The third-order valence-corrected chi connectivity index (χ3v) is 3.74. The highest BCUT2D eigenvalue weighted by Gasteiger charge is 2.29. The van der Waals surface area contributed by atoms with Crippen molar-refractivity contribution in [3.05, 3.63) is 34.1 Å². The Hall–Kier alpha value is -0.940. The zero-order chi connectivity index (χ0) is 13.3. The number of carbonyl (C=O) groups is 1. The lowest BCUT2D eigenvalue weighted by Crippen LogP contribution is -2.39. The molecule has 3 nitrogen and oxygen atoms in total. The van der Waals surface area contributed by atoms with E-state index in [9.17, 15) is 14.3 Å². The van der Waals surface area contributed by atoms with E-state index in [1.165, 1.54) is 17.0 Å². The predicted octanol–water partition coefficient (Wildman–Crippen LogP) is 2.43. The van der Waals surface area contributed by atoms with Crippen LogP contribution < -0.4 is 0 Å². The lowest BCUT2D eigenvalue weighted by Gasteiger charge is -2.34. The fourth-order valence-corrected chi connectivity index (χ4v) is 2.52. The van der Waals surface area contributed by atoms with Crippen molar-refractivity contribution in [2.24, 2.45) is 5.92 Å². The fourth-order valence-electron chi connectivity index (χ4n) is 2.19. The van der Waals surface area contributed by atoms with E-state index < -0.39 is 5.82 Å². The molecular weight excluding hydrogens is 301 g/mol. The molecule has 1 fully saturated rings. The molecule has 0 atom stereocenters. The van der Waals surface area contributed by atoms with E-state index in [4.69, 9.17) is 0 Å². The molecule has 0 unspecified atom stereocenters. The normalized spacial score (nSPS) is 22.4. The highest BCUT2D eigenvalue weighted by molar-refractivity contribution is 9.10. The summed E-state index contributed by atoms with van der Waals surface area (Å²) in [6, 6.07) is 4.42. The summed E-state index contributed by atoms with van der Waals surface area (Å²) < 4.78 is 14.3. The number of aliphatic hydroxyl groups excluding tert-OH is 1. The summed E-state index contributed by atoms with van der Waals surface area (Å²) in [6.07, 6.45) is 1.21. The molecule has 1 aliphatic carbocycles. The number of hydrogen-bond acceptors (Lipinski definition) is 2. The largest absolute Gasteiger partial charge is 0.393 e. The van der Waals surface area contributed by atoms with Crippen LogP contribution in [0.25, 0.3) is 0 Å². The number of amides is 1. The fraction of sp³-hybridized carbons (Fsp3) is 0.462. The smallest absolute Gasteiger partial charge is 0.256 e. The Morgan fingerprint density at radius 1 is 1.56 bits per heavy atom. The summed E-state index contributed by atoms with van der Waals surface area (Å²) in [6.45, 7) is 0.561. The minimum atomic E-state index is -0.519. The first kappa shape index (κ1) is 13.5. The van der Waals surface area contributed by atoms with Crippen molar-refractivity contribution in [3.8, 4) is 0 Å². The SMILES string of the molecule is CN(CC1CC(O)C1)C(=O)c1ccc(Br)cc1F. The molecule has 1 aliphatic rings. The van der Waals surface area contributed by atoms with Gasteiger partial charge in [0.25, 0.3) is 5.91 Å². The maximum atomic E-state index is 13.6. The second kappa shape index (κ2) is 5.36. The van der Waals surface area contributed by atoms with Gasteiger partial charge in [-0.3, -0.25) is 4.79 Å². The third-order valence-electron chi connectivity index (χ3n) is 3.25. The van der Waals surface area contributed by atoms with Gasteiger partial charge < -0.3 is 10.0 Å². The van der Waals surface area contributed by atoms with Crippen molar-refractivity contribution >= 4 is 21.8 Å². The van der Waals surface area contributed by atoms with Gasteiger partial charge in [0.05, 0.1) is 11.7 Å². The van der Waals surface area contributed by atoms with Crippen LogP contribution in [-0.4, -0.2) is 35.6 Å². The zero-order valence-electron chi connectivity index (χ0n) is 10.1. The van der Waals surface area contributed by atoms with Gasteiger partial charge >= 0.3 is 0 Å². The monoisotopic (exact) mass is 315 g/mol. The molecule has 0 heterocycles. The zero-order valence-corrected chi connectivity index (χ0v) is 11.7. The van der Waals surface area contributed by atoms with Crippen molar-refractivity contribution < 1.29 is 14.3 Å². The second-order valence-electron chi connectivity index (χ2n) is 4.80. The van der Waals surface area contributed by atoms with Crippen molar-refractivity contribution in [2.45, 2.75) is 18.9 Å². The Labute approximate surface area is 114 Å². The Bertz CT molecular complexity index is 460. The van der Waals surface area contributed by atoms with E-state index >= 15 is 0 Å². The highest BCUT2D eigenvalue weighted by atomic mass is 79.9. The lowest BCUT2D eigenvalue weighted by atomic mass is 9.82. The van der Waals surface area contributed by atoms with Crippen molar-refractivity contribution in [3.63, 3.8) is 0 Å². The molecule has 0 aromatic heterocycles. The van der Waals surface area contributed by atoms with Crippen LogP contribution in [0.1, 0.15) is 23.2 Å². The highest BCUT2D eigenvalue weighted by Crippen LogP contribution is 2.28. The van der Waals surface area contributed by atoms with Crippen LogP contribution in [0.4, 0.5) is 4.39 Å². The molecule has 0 aliphatic heterocycles. The van der Waals surface area contributed by atoms with Gasteiger partial charge in [-0.15, -0.1) is 0 Å². The quantitative estimate of drug-likeness (QED) is 0.930. The Morgan fingerprint density at radius 2 is 2.22 bits per heavy atom. The van der Waals surface area contributed by atoms with Crippen LogP contribution in [0.5, 0.6) is 0 Å². The Balaban J connectivity index is 2.01. The van der Waals surface area contributed by atoms with E-state index in [0.717, 1.165) is 12.8 Å². The lowest BCUT2D eigenvalue weighted by molar-refractivity contribution is 0.0264. The average molecular weight is 316 g/mol. The minimum absolute atomic E-state index is 0.0839. The minimum Gasteiger partial charge on any atom is -0.393 e. The van der Waals surface area contributed by atoms with Gasteiger partial charge in [-0.05, 0) is 37.0 Å². The van der Waals surface area contributed by atoms with E-state index in [-0.39, 0.29) is 17.6 Å². The maximum absolute atomic E-state index is 13.6. The van der Waals surface area contributed by atoms with Crippen molar-refractivity contribution in [1.82, 2.24) is 4.90 Å². The average Bonchev–Trinajstić information content (AvgIpc) is 2.26. The first-order valence-electron chi connectivity index (χ1n) is 5.86. The predicted molar refractivity (Wildman–Crippen MR) is 69.8 cm³/mol. The standard InChI is InChI=1S/C13H15BrFNO2/c1-16(7-8-4-10(17)5-8)13(18)11-3-2-9(14)6-12(11)15/h2-3,6,8,10,17H,4-5,7H2,1H3. The van der Waals surface area contributed by atoms with Gasteiger partial charge in [0.2, 0.25) is 0 Å². The summed E-state index contributed by atoms with van der Waals surface area (Å²) in [5.41, 5.74) is 0.0839. The number of rotatable bonds is 3. The van der Waals surface area contributed by atoms with Gasteiger partial charge in [0.1, 0.15) is 5.82 Å². The number of halogens is 2. The van der Waals surface area contributed by atoms with E-state index in [1.807, 2.05) is 0 Å². The van der Waals surface area contributed by atoms with Gasteiger partial charge in [-0.2, -0.15) is 0 Å². The molecular formula is C13H15BrFNO2. The molecule has 0 radical (unpaired) electrons. The summed E-state index contributed by atoms with van der Waals surface area (Å²) in [4.78, 5) is 13.6. The Kier molecular flexibility index (Phi) is 4.02. The number of benzene rings is 1. The molecule has 1 amide bonds. The second-order valence-corrected chi connectivity index (χ2v) is 5.72. The molecule has 1 N–H and O–H groups in total. The van der Waals surface area contributed by atoms with E-state index in [0.29, 0.717) is 16.9 Å². The maximum Gasteiger partial charge on any atom is 0.256 e. The van der Waals surface area contributed by atoms with Crippen LogP contribution in [0.3, 0.4) is 0 Å². The molecule has 0 spiro atoms. The summed E-state index contributed by atoms with van der Waals surface area (Å²) >= 11 is 3.16. The first-order chi connectivity index (χ1) is 8.47. The van der Waals surface area contributed by atoms with Crippen LogP contribution in [-0.2, 0) is 0 Å². The van der Waals surface area contributed by atoms with Gasteiger partial charge in [0, 0.05) is 18.1 Å². The Morgan fingerprint density at radius 3 is 2.78 bits per heavy atom. The van der Waals surface area contributed by atoms with Crippen LogP contribution in [0.15, 0.2) is 22.7 Å². The molecule has 1 aromatic rings. The number of nitrogens with zero attached hydrogens (tertiary/aromatic N) is 1. The van der Waals surface area contributed by atoms with E-state index in [1.54, 1.807) is 13.1 Å². The van der Waals surface area contributed by atoms with Gasteiger partial charge in [0.15, 0.2) is 0 Å². The summed E-state index contributed by atoms with van der Waals surface area (Å²) in [7, 11) is 1.66. The molecule has 2 rings (SSSR count). The summed E-state index contributed by atoms with van der Waals surface area (Å²) in [5.74, 6) is -0.510. The number of carbonyl (C=O) groups excluding carboxylic acids is 1. The van der Waals surface area contributed by atoms with E-state index in [2.05, 4.69) is 15.9 Å². The van der Waals surface area contributed by atoms with Crippen molar-refractivity contribution in [1.29, 1.82) is 0 Å². The molecule has 1 saturated carbocycles. The van der Waals surface area contributed by atoms with Gasteiger partial charge in [-0.1, -0.05) is 15.9 Å². The van der Waals surface area contributed by atoms with Crippen LogP contribution >= 0.6 is 15.9 Å². The molecule has 5 heteroatoms. The van der Waals surface area contributed by atoms with Crippen molar-refractivity contribution in [2.75, 3.05) is 13.6 Å². The first-order valence-corrected chi connectivity index (χ1v) is 6.65. The summed E-state index contributed by atoms with van der Waals surface area (Å²) in [5, 5.41) is 9.19. The topological polar surface area (TPSA) is 40.5 Å². The molecule has 1 aromatic carbocycles. The van der Waals surface area contributed by atoms with Crippen LogP contribution in [0, 0.1) is 11.7 Å². The molecule has 18 heavy (non-hydrogen) atoms. The van der Waals surface area contributed by atoms with Gasteiger partial charge in [-0.25, -0.2) is 4.39 Å². The molecule has 0 saturated heterocycles. The number of aliphatic hydroxyl groups is 1. The molecule has 0 bridgehead atoms. The van der Waals surface area contributed by atoms with Crippen LogP contribution in [0.2, 0.25) is 0 Å².